The van der Waals surface area contributed by atoms with Crippen LogP contribution in [-0.2, 0) is 13.1 Å². The Morgan fingerprint density at radius 2 is 2.16 bits per heavy atom. The van der Waals surface area contributed by atoms with Crippen LogP contribution >= 0.6 is 11.6 Å². The van der Waals surface area contributed by atoms with Crippen LogP contribution in [0.25, 0.3) is 11.0 Å². The number of rotatable bonds is 2. The summed E-state index contributed by atoms with van der Waals surface area (Å²) in [6.45, 7) is 0.592. The minimum Gasteiger partial charge on any atom is -0.345 e. The zero-order valence-electron chi connectivity index (χ0n) is 13.2. The fourth-order valence-corrected chi connectivity index (χ4v) is 3.58. The quantitative estimate of drug-likeness (QED) is 0.737. The molecule has 126 valence electrons. The Balaban J connectivity index is 1.51. The van der Waals surface area contributed by atoms with Gasteiger partial charge in [0.05, 0.1) is 40.3 Å². The highest BCUT2D eigenvalue weighted by Gasteiger charge is 2.32. The first-order chi connectivity index (χ1) is 12.1. The van der Waals surface area contributed by atoms with Crippen molar-refractivity contribution in [3.63, 3.8) is 0 Å². The number of carbonyl (C=O) groups excluding carboxylic acids is 1. The Bertz CT molecular complexity index is 1080. The third kappa shape index (κ3) is 2.26. The minimum atomic E-state index is -0.188. The monoisotopic (exact) mass is 355 g/mol. The predicted molar refractivity (Wildman–Crippen MR) is 91.5 cm³/mol. The van der Waals surface area contributed by atoms with Gasteiger partial charge in [-0.1, -0.05) is 11.6 Å². The van der Waals surface area contributed by atoms with E-state index in [0.29, 0.717) is 45.3 Å². The number of nitrogens with zero attached hydrogens (tertiary/aromatic N) is 3. The second kappa shape index (κ2) is 5.16. The molecule has 1 fully saturated rings. The van der Waals surface area contributed by atoms with Gasteiger partial charge in [0.2, 0.25) is 0 Å². The first-order valence-corrected chi connectivity index (χ1v) is 8.52. The fraction of sp³-hybridized carbons (Fsp3) is 0.294. The van der Waals surface area contributed by atoms with Crippen LogP contribution in [0.3, 0.4) is 0 Å². The molecule has 0 spiro atoms. The van der Waals surface area contributed by atoms with Gasteiger partial charge < -0.3 is 14.9 Å². The number of pyridine rings is 1. The molecule has 0 unspecified atom stereocenters. The van der Waals surface area contributed by atoms with Crippen LogP contribution in [0.1, 0.15) is 46.2 Å². The first kappa shape index (κ1) is 14.7. The third-order valence-electron chi connectivity index (χ3n) is 4.81. The van der Waals surface area contributed by atoms with E-state index in [2.05, 4.69) is 19.9 Å². The largest absolute Gasteiger partial charge is 0.345 e. The van der Waals surface area contributed by atoms with Crippen molar-refractivity contribution in [2.24, 2.45) is 0 Å². The zero-order valence-corrected chi connectivity index (χ0v) is 13.9. The summed E-state index contributed by atoms with van der Waals surface area (Å²) < 4.78 is 0. The molecule has 7 nitrogen and oxygen atoms in total. The van der Waals surface area contributed by atoms with Gasteiger partial charge in [-0.25, -0.2) is 9.97 Å². The zero-order chi connectivity index (χ0) is 17.1. The fourth-order valence-electron chi connectivity index (χ4n) is 3.33. The molecule has 1 aliphatic carbocycles. The van der Waals surface area contributed by atoms with Crippen molar-refractivity contribution >= 4 is 28.5 Å². The molecule has 3 aromatic heterocycles. The van der Waals surface area contributed by atoms with Crippen LogP contribution in [0, 0.1) is 0 Å². The number of hydrogen-bond acceptors (Lipinski definition) is 4. The molecule has 8 heteroatoms. The van der Waals surface area contributed by atoms with Crippen LogP contribution in [0.2, 0.25) is 5.02 Å². The number of aromatic amines is 2. The average Bonchev–Trinajstić information content (AvgIpc) is 3.20. The topological polar surface area (TPSA) is 94.7 Å². The van der Waals surface area contributed by atoms with E-state index in [1.54, 1.807) is 23.4 Å². The SMILES string of the molecule is O=C(c1c[nH]c2nccc(Cl)c12)N1Cc2nc(C3CC3)[nH]c(=O)c2C1. The smallest absolute Gasteiger partial charge is 0.256 e. The van der Waals surface area contributed by atoms with E-state index < -0.39 is 0 Å². The number of carbonyl (C=O) groups is 1. The summed E-state index contributed by atoms with van der Waals surface area (Å²) in [6.07, 6.45) is 5.32. The molecule has 0 aromatic carbocycles. The summed E-state index contributed by atoms with van der Waals surface area (Å²) in [6, 6.07) is 1.65. The molecule has 1 amide bonds. The van der Waals surface area contributed by atoms with Crippen molar-refractivity contribution in [2.45, 2.75) is 31.8 Å². The van der Waals surface area contributed by atoms with Crippen molar-refractivity contribution in [3.05, 3.63) is 56.5 Å². The van der Waals surface area contributed by atoms with Gasteiger partial charge in [0.25, 0.3) is 11.5 Å². The van der Waals surface area contributed by atoms with Crippen LogP contribution in [0.5, 0.6) is 0 Å². The van der Waals surface area contributed by atoms with Crippen molar-refractivity contribution in [2.75, 3.05) is 0 Å². The number of H-pyrrole nitrogens is 2. The summed E-state index contributed by atoms with van der Waals surface area (Å²) in [7, 11) is 0. The summed E-state index contributed by atoms with van der Waals surface area (Å²) in [5.74, 6) is 0.921. The summed E-state index contributed by atoms with van der Waals surface area (Å²) in [4.78, 5) is 41.5. The lowest BCUT2D eigenvalue weighted by Gasteiger charge is -2.14. The maximum absolute atomic E-state index is 13.0. The van der Waals surface area contributed by atoms with Crippen LogP contribution < -0.4 is 5.56 Å². The molecular weight excluding hydrogens is 342 g/mol. The normalized spacial score (nSPS) is 16.4. The van der Waals surface area contributed by atoms with E-state index in [4.69, 9.17) is 11.6 Å². The van der Waals surface area contributed by atoms with E-state index in [-0.39, 0.29) is 18.0 Å². The Labute approximate surface area is 147 Å². The summed E-state index contributed by atoms with van der Waals surface area (Å²) >= 11 is 6.23. The van der Waals surface area contributed by atoms with Crippen LogP contribution in [0.4, 0.5) is 0 Å². The van der Waals surface area contributed by atoms with E-state index in [1.807, 2.05) is 0 Å². The summed E-state index contributed by atoms with van der Waals surface area (Å²) in [5, 5.41) is 1.07. The molecule has 0 atom stereocenters. The highest BCUT2D eigenvalue weighted by molar-refractivity contribution is 6.36. The Morgan fingerprint density at radius 1 is 1.32 bits per heavy atom. The molecule has 2 aliphatic rings. The van der Waals surface area contributed by atoms with Gasteiger partial charge in [0, 0.05) is 18.3 Å². The van der Waals surface area contributed by atoms with E-state index >= 15 is 0 Å². The number of hydrogen-bond donors (Lipinski definition) is 2. The molecule has 0 radical (unpaired) electrons. The molecule has 1 saturated carbocycles. The third-order valence-corrected chi connectivity index (χ3v) is 5.13. The molecule has 5 rings (SSSR count). The van der Waals surface area contributed by atoms with Gasteiger partial charge in [0.1, 0.15) is 11.5 Å². The Kier molecular flexibility index (Phi) is 3.03. The van der Waals surface area contributed by atoms with Gasteiger partial charge in [-0.05, 0) is 18.9 Å². The van der Waals surface area contributed by atoms with Gasteiger partial charge >= 0.3 is 0 Å². The lowest BCUT2D eigenvalue weighted by atomic mass is 10.2. The lowest BCUT2D eigenvalue weighted by Crippen LogP contribution is -2.26. The highest BCUT2D eigenvalue weighted by Crippen LogP contribution is 2.38. The highest BCUT2D eigenvalue weighted by atomic mass is 35.5. The number of halogens is 1. The summed E-state index contributed by atoms with van der Waals surface area (Å²) in [5.41, 5.74) is 2.16. The maximum atomic E-state index is 13.0. The Morgan fingerprint density at radius 3 is 2.96 bits per heavy atom. The molecule has 25 heavy (non-hydrogen) atoms. The van der Waals surface area contributed by atoms with E-state index in [0.717, 1.165) is 18.7 Å². The second-order valence-corrected chi connectivity index (χ2v) is 6.94. The number of aromatic nitrogens is 4. The number of amides is 1. The Hall–Kier alpha value is -2.67. The lowest BCUT2D eigenvalue weighted by molar-refractivity contribution is 0.0752. The number of nitrogens with one attached hydrogen (secondary N) is 2. The molecule has 1 aliphatic heterocycles. The minimum absolute atomic E-state index is 0.138. The standard InChI is InChI=1S/C17H14ClN5O2/c18-11-3-4-19-15-13(11)9(5-20-15)17(25)23-6-10-12(7-23)21-14(8-1-2-8)22-16(10)24/h3-5,8H,1-2,6-7H2,(H,19,20)(H,21,22,24). The maximum Gasteiger partial charge on any atom is 0.256 e. The molecule has 0 bridgehead atoms. The van der Waals surface area contributed by atoms with Crippen molar-refractivity contribution in [1.29, 1.82) is 0 Å². The molecule has 2 N–H and O–H groups in total. The van der Waals surface area contributed by atoms with Gasteiger partial charge in [-0.15, -0.1) is 0 Å². The van der Waals surface area contributed by atoms with Gasteiger partial charge in [-0.2, -0.15) is 0 Å². The van der Waals surface area contributed by atoms with Crippen molar-refractivity contribution < 1.29 is 4.79 Å². The predicted octanol–water partition coefficient (Wildman–Crippen LogP) is 2.33. The van der Waals surface area contributed by atoms with Crippen LogP contribution in [0.15, 0.2) is 23.3 Å². The molecule has 4 heterocycles. The van der Waals surface area contributed by atoms with Gasteiger partial charge in [0.15, 0.2) is 0 Å². The first-order valence-electron chi connectivity index (χ1n) is 8.14. The number of fused-ring (bicyclic) bond motifs is 2. The van der Waals surface area contributed by atoms with E-state index in [9.17, 15) is 9.59 Å². The van der Waals surface area contributed by atoms with Crippen LogP contribution in [-0.4, -0.2) is 30.7 Å². The van der Waals surface area contributed by atoms with E-state index in [1.165, 1.54) is 0 Å². The molecule has 3 aromatic rings. The van der Waals surface area contributed by atoms with Gasteiger partial charge in [-0.3, -0.25) is 9.59 Å². The average molecular weight is 356 g/mol. The molecular formula is C17H14ClN5O2. The molecule has 0 saturated heterocycles. The van der Waals surface area contributed by atoms with Crippen molar-refractivity contribution in [1.82, 2.24) is 24.8 Å². The van der Waals surface area contributed by atoms with Crippen molar-refractivity contribution in [3.8, 4) is 0 Å². The second-order valence-electron chi connectivity index (χ2n) is 6.53.